The molecule has 0 aliphatic rings. The summed E-state index contributed by atoms with van der Waals surface area (Å²) in [5.41, 5.74) is -2.85. The highest BCUT2D eigenvalue weighted by molar-refractivity contribution is 6.14. The van der Waals surface area contributed by atoms with Crippen LogP contribution in [0.2, 0.25) is 0 Å². The standard InChI is InChI=1S/C25H30NO17/c27-1-4-39-23(36)15-10-26-16(21(25(38)41-6-3-29)20(15)24(37)40-5-2-28)9-17(42-18(34)7-13(32)11-30)22(26)43-19(35)8-14(33)12-31/h10,13-14,27-33H,1-8,11-12H2. The van der Waals surface area contributed by atoms with Gasteiger partial charge in [-0.15, -0.1) is 0 Å². The van der Waals surface area contributed by atoms with Gasteiger partial charge < -0.3 is 59.4 Å². The van der Waals surface area contributed by atoms with Crippen LogP contribution >= 0.6 is 0 Å². The number of hydrogen-bond acceptors (Lipinski definition) is 17. The van der Waals surface area contributed by atoms with Gasteiger partial charge in [-0.3, -0.25) is 14.0 Å². The van der Waals surface area contributed by atoms with Gasteiger partial charge in [0.05, 0.1) is 86.4 Å². The normalized spacial score (nSPS) is 12.3. The van der Waals surface area contributed by atoms with Crippen LogP contribution in [0.15, 0.2) is 6.20 Å². The van der Waals surface area contributed by atoms with Crippen LogP contribution in [0.5, 0.6) is 11.6 Å². The SMILES string of the molecule is O=C(CC(O)CO)Oc1[c]c2c(C(=O)OCCO)c(C(=O)OCCO)c(C(=O)OCCO)cn2c1OC(=O)CC(O)CO. The lowest BCUT2D eigenvalue weighted by atomic mass is 10.0. The Hall–Kier alpha value is -4.17. The van der Waals surface area contributed by atoms with E-state index in [1.54, 1.807) is 0 Å². The number of carbonyl (C=O) groups is 5. The van der Waals surface area contributed by atoms with Crippen molar-refractivity contribution in [1.29, 1.82) is 0 Å². The molecule has 0 saturated heterocycles. The Morgan fingerprint density at radius 3 is 1.65 bits per heavy atom. The minimum absolute atomic E-state index is 0.520. The second-order valence-electron chi connectivity index (χ2n) is 8.38. The lowest BCUT2D eigenvalue weighted by Gasteiger charge is -2.16. The van der Waals surface area contributed by atoms with E-state index in [0.29, 0.717) is 0 Å². The summed E-state index contributed by atoms with van der Waals surface area (Å²) in [5, 5.41) is 64.7. The zero-order valence-corrected chi connectivity index (χ0v) is 22.5. The van der Waals surface area contributed by atoms with Crippen molar-refractivity contribution < 1.29 is 83.4 Å². The molecule has 2 aromatic rings. The van der Waals surface area contributed by atoms with Gasteiger partial charge in [0.2, 0.25) is 5.75 Å². The van der Waals surface area contributed by atoms with E-state index in [2.05, 4.69) is 6.07 Å². The molecule has 0 fully saturated rings. The first-order valence-electron chi connectivity index (χ1n) is 12.5. The smallest absolute Gasteiger partial charge is 0.341 e. The fourth-order valence-electron chi connectivity index (χ4n) is 3.37. The summed E-state index contributed by atoms with van der Waals surface area (Å²) in [5.74, 6) is -7.93. The van der Waals surface area contributed by atoms with Crippen molar-refractivity contribution in [2.75, 3.05) is 52.9 Å². The van der Waals surface area contributed by atoms with Gasteiger partial charge >= 0.3 is 29.8 Å². The molecule has 2 unspecified atom stereocenters. The molecule has 0 aliphatic heterocycles. The Labute approximate surface area is 242 Å². The average Bonchev–Trinajstić information content (AvgIpc) is 3.31. The largest absolute Gasteiger partial charge is 0.460 e. The first-order valence-corrected chi connectivity index (χ1v) is 12.5. The van der Waals surface area contributed by atoms with E-state index in [0.717, 1.165) is 10.6 Å². The number of aliphatic hydroxyl groups is 7. The minimum Gasteiger partial charge on any atom is -0.460 e. The number of ether oxygens (including phenoxy) is 5. The van der Waals surface area contributed by atoms with Crippen molar-refractivity contribution in [3.05, 3.63) is 29.0 Å². The average molecular weight is 617 g/mol. The molecule has 0 amide bonds. The number of pyridine rings is 1. The quantitative estimate of drug-likeness (QED) is 0.0670. The van der Waals surface area contributed by atoms with Gasteiger partial charge in [-0.05, 0) is 0 Å². The monoisotopic (exact) mass is 616 g/mol. The third kappa shape index (κ3) is 9.41. The van der Waals surface area contributed by atoms with Gasteiger partial charge in [0, 0.05) is 6.20 Å². The Morgan fingerprint density at radius 2 is 1.16 bits per heavy atom. The number of aromatic nitrogens is 1. The van der Waals surface area contributed by atoms with E-state index >= 15 is 0 Å². The number of fused-ring (bicyclic) bond motifs is 1. The molecule has 43 heavy (non-hydrogen) atoms. The number of esters is 5. The second kappa shape index (κ2) is 17.1. The molecule has 0 aliphatic carbocycles. The van der Waals surface area contributed by atoms with Crippen molar-refractivity contribution in [2.45, 2.75) is 25.0 Å². The van der Waals surface area contributed by atoms with Crippen LogP contribution in [0.25, 0.3) is 5.52 Å². The zero-order valence-electron chi connectivity index (χ0n) is 22.5. The predicted octanol–water partition coefficient (Wildman–Crippen LogP) is -3.52. The van der Waals surface area contributed by atoms with Crippen molar-refractivity contribution in [3.8, 4) is 11.6 Å². The van der Waals surface area contributed by atoms with Crippen LogP contribution in [0.4, 0.5) is 0 Å². The predicted molar refractivity (Wildman–Crippen MR) is 135 cm³/mol. The summed E-state index contributed by atoms with van der Waals surface area (Å²) in [7, 11) is 0. The number of rotatable bonds is 17. The summed E-state index contributed by atoms with van der Waals surface area (Å²) in [6.45, 7) is -5.37. The molecule has 18 heteroatoms. The fraction of sp³-hybridized carbons (Fsp3) is 0.480. The summed E-state index contributed by atoms with van der Waals surface area (Å²) < 4.78 is 25.8. The number of hydrogen-bond donors (Lipinski definition) is 7. The van der Waals surface area contributed by atoms with Gasteiger partial charge in [-0.25, -0.2) is 14.4 Å². The highest BCUT2D eigenvalue weighted by Crippen LogP contribution is 2.36. The third-order valence-electron chi connectivity index (χ3n) is 5.15. The maximum Gasteiger partial charge on any atom is 0.341 e. The lowest BCUT2D eigenvalue weighted by molar-refractivity contribution is -0.140. The van der Waals surface area contributed by atoms with E-state index in [1.165, 1.54) is 0 Å². The second-order valence-corrected chi connectivity index (χ2v) is 8.38. The summed E-state index contributed by atoms with van der Waals surface area (Å²) in [6.07, 6.45) is -3.89. The van der Waals surface area contributed by atoms with Crippen LogP contribution in [-0.2, 0) is 23.8 Å². The van der Waals surface area contributed by atoms with E-state index in [4.69, 9.17) is 49.2 Å². The molecule has 1 radical (unpaired) electrons. The molecule has 2 aromatic heterocycles. The number of aliphatic hydroxyl groups excluding tert-OH is 7. The molecule has 0 bridgehead atoms. The van der Waals surface area contributed by atoms with Gasteiger partial charge in [-0.1, -0.05) is 0 Å². The van der Waals surface area contributed by atoms with E-state index in [9.17, 15) is 34.2 Å². The topological polar surface area (TPSA) is 278 Å². The van der Waals surface area contributed by atoms with E-state index < -0.39 is 142 Å². The first kappa shape index (κ1) is 35.0. The molecule has 2 heterocycles. The minimum atomic E-state index is -1.57. The number of carbonyl (C=O) groups excluding carboxylic acids is 5. The Morgan fingerprint density at radius 1 is 0.698 bits per heavy atom. The Balaban J connectivity index is 2.94. The summed E-state index contributed by atoms with van der Waals surface area (Å²) in [4.78, 5) is 64.2. The maximum absolute atomic E-state index is 13.2. The van der Waals surface area contributed by atoms with Crippen molar-refractivity contribution in [1.82, 2.24) is 4.40 Å². The highest BCUT2D eigenvalue weighted by atomic mass is 16.6. The van der Waals surface area contributed by atoms with Crippen LogP contribution in [0.3, 0.4) is 0 Å². The van der Waals surface area contributed by atoms with Gasteiger partial charge in [0.25, 0.3) is 5.88 Å². The molecule has 237 valence electrons. The molecular formula is C25H30NO17. The molecule has 0 aromatic carbocycles. The summed E-state index contributed by atoms with van der Waals surface area (Å²) >= 11 is 0. The van der Waals surface area contributed by atoms with Crippen LogP contribution in [0, 0.1) is 6.07 Å². The molecule has 2 rings (SSSR count). The molecular weight excluding hydrogens is 586 g/mol. The van der Waals surface area contributed by atoms with Gasteiger partial charge in [0.1, 0.15) is 19.8 Å². The Bertz CT molecular complexity index is 1300. The lowest BCUT2D eigenvalue weighted by Crippen LogP contribution is -2.24. The highest BCUT2D eigenvalue weighted by Gasteiger charge is 2.34. The Kier molecular flexibility index (Phi) is 13.9. The fourth-order valence-corrected chi connectivity index (χ4v) is 3.37. The van der Waals surface area contributed by atoms with Crippen LogP contribution in [-0.4, -0.2) is 135 Å². The molecule has 2 atom stereocenters. The van der Waals surface area contributed by atoms with Gasteiger partial charge in [0.15, 0.2) is 0 Å². The van der Waals surface area contributed by atoms with Crippen molar-refractivity contribution in [3.63, 3.8) is 0 Å². The van der Waals surface area contributed by atoms with E-state index in [-0.39, 0.29) is 0 Å². The summed E-state index contributed by atoms with van der Waals surface area (Å²) in [6, 6.07) is 2.42. The third-order valence-corrected chi connectivity index (χ3v) is 5.15. The maximum atomic E-state index is 13.2. The van der Waals surface area contributed by atoms with Crippen molar-refractivity contribution >= 4 is 35.4 Å². The molecule has 0 spiro atoms. The van der Waals surface area contributed by atoms with Gasteiger partial charge in [-0.2, -0.15) is 0 Å². The molecule has 18 nitrogen and oxygen atoms in total. The zero-order chi connectivity index (χ0) is 32.1. The molecule has 0 saturated carbocycles. The van der Waals surface area contributed by atoms with Crippen LogP contribution < -0.4 is 9.47 Å². The molecule has 7 N–H and O–H groups in total. The van der Waals surface area contributed by atoms with Crippen LogP contribution in [0.1, 0.15) is 43.9 Å². The first-order chi connectivity index (χ1) is 20.5. The van der Waals surface area contributed by atoms with E-state index in [1.807, 2.05) is 0 Å². The number of nitrogens with zero attached hydrogens (tertiary/aromatic N) is 1. The van der Waals surface area contributed by atoms with Crippen molar-refractivity contribution in [2.24, 2.45) is 0 Å².